The highest BCUT2D eigenvalue weighted by atomic mass is 32.2. The molecule has 0 fully saturated rings. The van der Waals surface area contributed by atoms with Gasteiger partial charge in [0.1, 0.15) is 0 Å². The lowest BCUT2D eigenvalue weighted by Crippen LogP contribution is -2.27. The number of rotatable bonds is 2. The Morgan fingerprint density at radius 3 is 2.34 bits per heavy atom. The molecule has 0 spiro atoms. The molecule has 2 aliphatic rings. The van der Waals surface area contributed by atoms with Crippen LogP contribution in [0.4, 0.5) is 11.4 Å². The quantitative estimate of drug-likeness (QED) is 0.350. The van der Waals surface area contributed by atoms with E-state index in [2.05, 4.69) is 110 Å². The molecule has 2 aliphatic heterocycles. The zero-order valence-electron chi connectivity index (χ0n) is 18.2. The normalized spacial score (nSPS) is 17.9. The topological polar surface area (TPSA) is 24.4 Å². The van der Waals surface area contributed by atoms with E-state index in [1.807, 2.05) is 17.8 Å². The first-order valence-corrected chi connectivity index (χ1v) is 11.8. The molecule has 0 radical (unpaired) electrons. The number of nitrogens with zero attached hydrogens (tertiary/aromatic N) is 1. The lowest BCUT2D eigenvalue weighted by atomic mass is 9.77. The summed E-state index contributed by atoms with van der Waals surface area (Å²) in [5.41, 5.74) is 8.29. The Morgan fingerprint density at radius 1 is 0.750 bits per heavy atom. The molecule has 0 bridgehead atoms. The number of anilines is 1. The van der Waals surface area contributed by atoms with Crippen molar-refractivity contribution in [1.82, 2.24) is 0 Å². The van der Waals surface area contributed by atoms with Crippen molar-refractivity contribution in [1.29, 1.82) is 0 Å². The number of para-hydroxylation sites is 2. The maximum atomic E-state index is 5.10. The van der Waals surface area contributed by atoms with Gasteiger partial charge in [-0.25, -0.2) is 4.99 Å². The third-order valence-electron chi connectivity index (χ3n) is 6.58. The second kappa shape index (κ2) is 7.39. The predicted octanol–water partition coefficient (Wildman–Crippen LogP) is 7.76. The van der Waals surface area contributed by atoms with Crippen LogP contribution in [0, 0.1) is 0 Å². The summed E-state index contributed by atoms with van der Waals surface area (Å²) >= 11 is 1.88. The van der Waals surface area contributed by atoms with E-state index in [9.17, 15) is 0 Å². The minimum Gasteiger partial charge on any atom is -0.371 e. The standard InChI is InChI=1S/C29H24N2S/c1-29(2)21-12-6-9-15-25(21)32-26-18-20(16-17-22(26)29)28-27(19-10-4-3-5-11-19)30-23-13-7-8-14-24(23)31-28/h3-18,28,31H,1-2H3. The smallest absolute Gasteiger partial charge is 0.0947 e. The first-order valence-electron chi connectivity index (χ1n) is 11.0. The van der Waals surface area contributed by atoms with Gasteiger partial charge in [-0.15, -0.1) is 0 Å². The van der Waals surface area contributed by atoms with Gasteiger partial charge < -0.3 is 5.32 Å². The van der Waals surface area contributed by atoms with Crippen LogP contribution in [0.2, 0.25) is 0 Å². The fraction of sp³-hybridized carbons (Fsp3) is 0.138. The van der Waals surface area contributed by atoms with Crippen molar-refractivity contribution in [2.45, 2.75) is 35.1 Å². The second-order valence-corrected chi connectivity index (χ2v) is 10.0. The molecular weight excluding hydrogens is 408 g/mol. The molecule has 1 atom stereocenters. The van der Waals surface area contributed by atoms with E-state index in [4.69, 9.17) is 4.99 Å². The molecule has 1 unspecified atom stereocenters. The lowest BCUT2D eigenvalue weighted by molar-refractivity contribution is 0.606. The van der Waals surface area contributed by atoms with E-state index >= 15 is 0 Å². The van der Waals surface area contributed by atoms with Crippen molar-refractivity contribution in [3.8, 4) is 0 Å². The summed E-state index contributed by atoms with van der Waals surface area (Å²) in [7, 11) is 0. The van der Waals surface area contributed by atoms with Gasteiger partial charge in [0.2, 0.25) is 0 Å². The Labute approximate surface area is 193 Å². The molecule has 0 amide bonds. The molecular formula is C29H24N2S. The van der Waals surface area contributed by atoms with Gasteiger partial charge in [-0.1, -0.05) is 98.4 Å². The van der Waals surface area contributed by atoms with Crippen LogP contribution >= 0.6 is 11.8 Å². The monoisotopic (exact) mass is 432 g/mol. The number of benzene rings is 4. The Bertz CT molecular complexity index is 1350. The van der Waals surface area contributed by atoms with Gasteiger partial charge in [0.05, 0.1) is 23.1 Å². The zero-order chi connectivity index (χ0) is 21.7. The Hall–Kier alpha value is -3.30. The van der Waals surface area contributed by atoms with Gasteiger partial charge in [-0.2, -0.15) is 0 Å². The summed E-state index contributed by atoms with van der Waals surface area (Å²) in [5.74, 6) is 0. The first-order chi connectivity index (χ1) is 15.6. The molecule has 0 aliphatic carbocycles. The third kappa shape index (κ3) is 3.08. The van der Waals surface area contributed by atoms with E-state index in [0.29, 0.717) is 0 Å². The van der Waals surface area contributed by atoms with Crippen molar-refractivity contribution < 1.29 is 0 Å². The van der Waals surface area contributed by atoms with Crippen LogP contribution in [-0.4, -0.2) is 5.71 Å². The molecule has 156 valence electrons. The number of hydrogen-bond donors (Lipinski definition) is 1. The number of aliphatic imine (C=N–C) groups is 1. The van der Waals surface area contributed by atoms with Crippen molar-refractivity contribution in [3.05, 3.63) is 119 Å². The molecule has 2 nitrogen and oxygen atoms in total. The van der Waals surface area contributed by atoms with E-state index in [0.717, 1.165) is 22.6 Å². The fourth-order valence-corrected chi connectivity index (χ4v) is 6.29. The molecule has 6 rings (SSSR count). The Morgan fingerprint density at radius 2 is 1.47 bits per heavy atom. The maximum absolute atomic E-state index is 5.10. The fourth-order valence-electron chi connectivity index (χ4n) is 4.85. The molecule has 1 N–H and O–H groups in total. The maximum Gasteiger partial charge on any atom is 0.0947 e. The molecule has 2 heterocycles. The minimum atomic E-state index is -0.0152. The summed E-state index contributed by atoms with van der Waals surface area (Å²) in [6.45, 7) is 4.66. The van der Waals surface area contributed by atoms with Crippen molar-refractivity contribution in [2.75, 3.05) is 5.32 Å². The highest BCUT2D eigenvalue weighted by Gasteiger charge is 2.34. The van der Waals surface area contributed by atoms with Gasteiger partial charge in [-0.3, -0.25) is 0 Å². The van der Waals surface area contributed by atoms with Gasteiger partial charge in [0.15, 0.2) is 0 Å². The van der Waals surface area contributed by atoms with Gasteiger partial charge >= 0.3 is 0 Å². The summed E-state index contributed by atoms with van der Waals surface area (Å²) in [5, 5.41) is 3.77. The average Bonchev–Trinajstić information content (AvgIpc) is 2.83. The zero-order valence-corrected chi connectivity index (χ0v) is 19.0. The van der Waals surface area contributed by atoms with E-state index in [1.54, 1.807) is 0 Å². The average molecular weight is 433 g/mol. The van der Waals surface area contributed by atoms with Crippen molar-refractivity contribution >= 4 is 28.8 Å². The van der Waals surface area contributed by atoms with Crippen LogP contribution in [-0.2, 0) is 5.41 Å². The highest BCUT2D eigenvalue weighted by molar-refractivity contribution is 7.99. The summed E-state index contributed by atoms with van der Waals surface area (Å²) in [6.07, 6.45) is 0. The minimum absolute atomic E-state index is 0.00141. The molecule has 3 heteroatoms. The van der Waals surface area contributed by atoms with Gasteiger partial charge in [0.25, 0.3) is 0 Å². The number of fused-ring (bicyclic) bond motifs is 3. The molecule has 4 aromatic carbocycles. The summed E-state index contributed by atoms with van der Waals surface area (Å²) in [4.78, 5) is 7.78. The van der Waals surface area contributed by atoms with Crippen LogP contribution in [0.1, 0.15) is 42.1 Å². The summed E-state index contributed by atoms with van der Waals surface area (Å²) < 4.78 is 0. The van der Waals surface area contributed by atoms with E-state index < -0.39 is 0 Å². The van der Waals surface area contributed by atoms with Crippen LogP contribution in [0.3, 0.4) is 0 Å². The van der Waals surface area contributed by atoms with Gasteiger partial charge in [0, 0.05) is 15.2 Å². The van der Waals surface area contributed by atoms with Crippen LogP contribution in [0.5, 0.6) is 0 Å². The largest absolute Gasteiger partial charge is 0.371 e. The van der Waals surface area contributed by atoms with Crippen LogP contribution in [0.15, 0.2) is 112 Å². The highest BCUT2D eigenvalue weighted by Crippen LogP contribution is 2.50. The van der Waals surface area contributed by atoms with E-state index in [-0.39, 0.29) is 11.5 Å². The number of nitrogens with one attached hydrogen (secondary N) is 1. The molecule has 0 aromatic heterocycles. The number of hydrogen-bond acceptors (Lipinski definition) is 3. The van der Waals surface area contributed by atoms with Crippen LogP contribution < -0.4 is 5.32 Å². The van der Waals surface area contributed by atoms with Gasteiger partial charge in [-0.05, 0) is 46.5 Å². The SMILES string of the molecule is CC1(C)c2ccccc2Sc2cc(C3Nc4ccccc4N=C3c3ccccc3)ccc21. The Kier molecular flexibility index (Phi) is 4.48. The Balaban J connectivity index is 1.48. The summed E-state index contributed by atoms with van der Waals surface area (Å²) in [6, 6.07) is 34.5. The molecule has 0 saturated carbocycles. The molecule has 32 heavy (non-hydrogen) atoms. The van der Waals surface area contributed by atoms with Crippen molar-refractivity contribution in [2.24, 2.45) is 4.99 Å². The lowest BCUT2D eigenvalue weighted by Gasteiger charge is -2.35. The third-order valence-corrected chi connectivity index (χ3v) is 7.71. The molecule has 4 aromatic rings. The first kappa shape index (κ1) is 19.4. The molecule has 0 saturated heterocycles. The van der Waals surface area contributed by atoms with Crippen LogP contribution in [0.25, 0.3) is 0 Å². The van der Waals surface area contributed by atoms with E-state index in [1.165, 1.54) is 26.5 Å². The van der Waals surface area contributed by atoms with Crippen molar-refractivity contribution in [3.63, 3.8) is 0 Å². The predicted molar refractivity (Wildman–Crippen MR) is 135 cm³/mol. The second-order valence-electron chi connectivity index (χ2n) is 8.94.